The highest BCUT2D eigenvalue weighted by Crippen LogP contribution is 2.36. The number of imidazole rings is 1. The van der Waals surface area contributed by atoms with Crippen LogP contribution >= 0.6 is 11.8 Å². The average Bonchev–Trinajstić information content (AvgIpc) is 2.84. The molecule has 1 N–H and O–H groups in total. The van der Waals surface area contributed by atoms with E-state index < -0.39 is 0 Å². The van der Waals surface area contributed by atoms with E-state index in [9.17, 15) is 9.18 Å². The minimum atomic E-state index is -0.330. The smallest absolute Gasteiger partial charge is 0.305 e. The Morgan fingerprint density at radius 3 is 3.12 bits per heavy atom. The summed E-state index contributed by atoms with van der Waals surface area (Å²) in [5.41, 5.74) is 0.781. The molecule has 1 fully saturated rings. The van der Waals surface area contributed by atoms with Gasteiger partial charge in [0.25, 0.3) is 0 Å². The van der Waals surface area contributed by atoms with Crippen LogP contribution in [0.25, 0.3) is 11.0 Å². The fourth-order valence-electron chi connectivity index (χ4n) is 2.18. The zero-order valence-electron chi connectivity index (χ0n) is 8.57. The number of rotatable bonds is 1. The van der Waals surface area contributed by atoms with Crippen molar-refractivity contribution in [2.45, 2.75) is 18.2 Å². The van der Waals surface area contributed by atoms with E-state index in [1.807, 2.05) is 0 Å². The molecule has 84 valence electrons. The van der Waals surface area contributed by atoms with Gasteiger partial charge in [-0.3, -0.25) is 4.57 Å². The number of hydrogen-bond donors (Lipinski definition) is 1. The van der Waals surface area contributed by atoms with Crippen LogP contribution in [0.3, 0.4) is 0 Å². The summed E-state index contributed by atoms with van der Waals surface area (Å²) < 4.78 is 15.3. The van der Waals surface area contributed by atoms with Gasteiger partial charge in [0.15, 0.2) is 0 Å². The Labute approximate surface area is 95.7 Å². The predicted molar refractivity (Wildman–Crippen MR) is 63.2 cm³/mol. The molecule has 1 aliphatic heterocycles. The Bertz CT molecular complexity index is 583. The molecule has 2 aromatic rings. The second-order valence-electron chi connectivity index (χ2n) is 3.90. The predicted octanol–water partition coefficient (Wildman–Crippen LogP) is 2.49. The zero-order chi connectivity index (χ0) is 11.1. The topological polar surface area (TPSA) is 37.8 Å². The SMILES string of the molecule is O=c1[nH]c2cccc(F)c2n1C1CCCS1. The molecular weight excluding hydrogens is 227 g/mol. The molecule has 3 nitrogen and oxygen atoms in total. The van der Waals surface area contributed by atoms with Crippen molar-refractivity contribution >= 4 is 22.8 Å². The van der Waals surface area contributed by atoms with Crippen molar-refractivity contribution in [1.29, 1.82) is 0 Å². The van der Waals surface area contributed by atoms with Gasteiger partial charge in [-0.25, -0.2) is 9.18 Å². The highest BCUT2D eigenvalue weighted by atomic mass is 32.2. The first-order valence-electron chi connectivity index (χ1n) is 5.28. The van der Waals surface area contributed by atoms with Crippen LogP contribution in [-0.2, 0) is 0 Å². The number of benzene rings is 1. The molecule has 1 aromatic carbocycles. The van der Waals surface area contributed by atoms with Gasteiger partial charge in [-0.15, -0.1) is 11.8 Å². The maximum Gasteiger partial charge on any atom is 0.327 e. The van der Waals surface area contributed by atoms with E-state index in [2.05, 4.69) is 4.98 Å². The van der Waals surface area contributed by atoms with Crippen molar-refractivity contribution in [1.82, 2.24) is 9.55 Å². The second kappa shape index (κ2) is 3.66. The van der Waals surface area contributed by atoms with Gasteiger partial charge in [0.2, 0.25) is 0 Å². The Hall–Kier alpha value is -1.23. The molecule has 0 bridgehead atoms. The van der Waals surface area contributed by atoms with Crippen LogP contribution in [0.15, 0.2) is 23.0 Å². The maximum atomic E-state index is 13.7. The van der Waals surface area contributed by atoms with Gasteiger partial charge in [0, 0.05) is 0 Å². The Morgan fingerprint density at radius 1 is 1.50 bits per heavy atom. The highest BCUT2D eigenvalue weighted by Gasteiger charge is 2.22. The molecule has 0 amide bonds. The average molecular weight is 238 g/mol. The Balaban J connectivity index is 2.29. The molecule has 0 radical (unpaired) electrons. The molecule has 2 heterocycles. The standard InChI is InChI=1S/C11H11FN2OS/c12-7-3-1-4-8-10(7)14(11(15)13-8)9-5-2-6-16-9/h1,3-4,9H,2,5-6H2,(H,13,15). The summed E-state index contributed by atoms with van der Waals surface area (Å²) in [7, 11) is 0. The van der Waals surface area contributed by atoms with Crippen LogP contribution in [0, 0.1) is 5.82 Å². The molecule has 1 atom stereocenters. The van der Waals surface area contributed by atoms with Crippen LogP contribution in [0.5, 0.6) is 0 Å². The molecular formula is C11H11FN2OS. The summed E-state index contributed by atoms with van der Waals surface area (Å²) >= 11 is 1.71. The van der Waals surface area contributed by atoms with Crippen LogP contribution < -0.4 is 5.69 Å². The van der Waals surface area contributed by atoms with E-state index in [1.54, 1.807) is 28.5 Å². The van der Waals surface area contributed by atoms with Crippen LogP contribution in [-0.4, -0.2) is 15.3 Å². The van der Waals surface area contributed by atoms with Crippen molar-refractivity contribution in [3.05, 3.63) is 34.5 Å². The number of nitrogens with zero attached hydrogens (tertiary/aromatic N) is 1. The van der Waals surface area contributed by atoms with Gasteiger partial charge in [-0.1, -0.05) is 6.07 Å². The molecule has 0 spiro atoms. The van der Waals surface area contributed by atoms with Gasteiger partial charge >= 0.3 is 5.69 Å². The first-order valence-corrected chi connectivity index (χ1v) is 6.32. The number of fused-ring (bicyclic) bond motifs is 1. The van der Waals surface area contributed by atoms with E-state index in [-0.39, 0.29) is 16.9 Å². The molecule has 3 rings (SSSR count). The summed E-state index contributed by atoms with van der Waals surface area (Å²) in [6.07, 6.45) is 2.02. The van der Waals surface area contributed by atoms with Crippen molar-refractivity contribution in [3.8, 4) is 0 Å². The van der Waals surface area contributed by atoms with Crippen molar-refractivity contribution in [2.75, 3.05) is 5.75 Å². The Morgan fingerprint density at radius 2 is 2.38 bits per heavy atom. The van der Waals surface area contributed by atoms with Crippen molar-refractivity contribution < 1.29 is 4.39 Å². The number of aromatic nitrogens is 2. The summed E-state index contributed by atoms with van der Waals surface area (Å²) in [5.74, 6) is 0.710. The largest absolute Gasteiger partial charge is 0.327 e. The van der Waals surface area contributed by atoms with Crippen molar-refractivity contribution in [2.24, 2.45) is 0 Å². The fourth-order valence-corrected chi connectivity index (χ4v) is 3.47. The first-order chi connectivity index (χ1) is 7.77. The molecule has 1 aliphatic rings. The van der Waals surface area contributed by atoms with E-state index in [4.69, 9.17) is 0 Å². The van der Waals surface area contributed by atoms with E-state index >= 15 is 0 Å². The lowest BCUT2D eigenvalue weighted by atomic mass is 10.3. The maximum absolute atomic E-state index is 13.7. The minimum Gasteiger partial charge on any atom is -0.305 e. The number of aromatic amines is 1. The molecule has 0 saturated carbocycles. The Kier molecular flexibility index (Phi) is 2.28. The molecule has 1 aromatic heterocycles. The quantitative estimate of drug-likeness (QED) is 0.828. The molecule has 0 aliphatic carbocycles. The fraction of sp³-hybridized carbons (Fsp3) is 0.364. The number of para-hydroxylation sites is 1. The number of H-pyrrole nitrogens is 1. The minimum absolute atomic E-state index is 0.0816. The molecule has 16 heavy (non-hydrogen) atoms. The first kappa shape index (κ1) is 9.96. The molecule has 5 heteroatoms. The third-order valence-electron chi connectivity index (χ3n) is 2.88. The van der Waals surface area contributed by atoms with Crippen molar-refractivity contribution in [3.63, 3.8) is 0 Å². The molecule has 1 unspecified atom stereocenters. The van der Waals surface area contributed by atoms with Gasteiger partial charge in [0.05, 0.1) is 10.9 Å². The summed E-state index contributed by atoms with van der Waals surface area (Å²) in [4.78, 5) is 14.5. The van der Waals surface area contributed by atoms with Crippen LogP contribution in [0.4, 0.5) is 4.39 Å². The van der Waals surface area contributed by atoms with Gasteiger partial charge < -0.3 is 4.98 Å². The molecule has 1 saturated heterocycles. The van der Waals surface area contributed by atoms with Gasteiger partial charge in [0.1, 0.15) is 11.3 Å². The number of thioether (sulfide) groups is 1. The zero-order valence-corrected chi connectivity index (χ0v) is 9.39. The summed E-state index contributed by atoms with van der Waals surface area (Å²) in [6, 6.07) is 4.74. The lowest BCUT2D eigenvalue weighted by Gasteiger charge is -2.10. The van der Waals surface area contributed by atoms with Gasteiger partial charge in [-0.2, -0.15) is 0 Å². The lowest BCUT2D eigenvalue weighted by molar-refractivity contribution is 0.601. The number of nitrogens with one attached hydrogen (secondary N) is 1. The highest BCUT2D eigenvalue weighted by molar-refractivity contribution is 7.99. The number of halogens is 1. The van der Waals surface area contributed by atoms with Gasteiger partial charge in [-0.05, 0) is 30.7 Å². The monoisotopic (exact) mass is 238 g/mol. The van der Waals surface area contributed by atoms with E-state index in [1.165, 1.54) is 6.07 Å². The summed E-state index contributed by atoms with van der Waals surface area (Å²) in [6.45, 7) is 0. The second-order valence-corrected chi connectivity index (χ2v) is 5.19. The van der Waals surface area contributed by atoms with E-state index in [0.717, 1.165) is 18.6 Å². The summed E-state index contributed by atoms with van der Waals surface area (Å²) in [5, 5.41) is 0.0816. The number of hydrogen-bond acceptors (Lipinski definition) is 2. The van der Waals surface area contributed by atoms with Crippen LogP contribution in [0.2, 0.25) is 0 Å². The normalized spacial score (nSPS) is 20.7. The third kappa shape index (κ3) is 1.38. The third-order valence-corrected chi connectivity index (χ3v) is 4.24. The van der Waals surface area contributed by atoms with E-state index in [0.29, 0.717) is 11.0 Å². The van der Waals surface area contributed by atoms with Crippen LogP contribution in [0.1, 0.15) is 18.2 Å². The lowest BCUT2D eigenvalue weighted by Crippen LogP contribution is -2.19.